The third-order valence-electron chi connectivity index (χ3n) is 5.56. The van der Waals surface area contributed by atoms with Crippen LogP contribution in [0.2, 0.25) is 0 Å². The molecule has 1 aliphatic rings. The van der Waals surface area contributed by atoms with Crippen LogP contribution in [0, 0.1) is 5.92 Å². The van der Waals surface area contributed by atoms with Crippen LogP contribution in [-0.2, 0) is 6.42 Å². The van der Waals surface area contributed by atoms with Gasteiger partial charge in [-0.15, -0.1) is 12.4 Å². The summed E-state index contributed by atoms with van der Waals surface area (Å²) in [5.74, 6) is 7.14. The van der Waals surface area contributed by atoms with Gasteiger partial charge in [-0.3, -0.25) is 5.84 Å². The van der Waals surface area contributed by atoms with Crippen LogP contribution in [0.15, 0.2) is 48.5 Å². The molecule has 0 spiro atoms. The van der Waals surface area contributed by atoms with E-state index in [0.29, 0.717) is 12.2 Å². The van der Waals surface area contributed by atoms with E-state index in [9.17, 15) is 13.2 Å². The number of hydrogen-bond acceptors (Lipinski definition) is 3. The standard InChI is InChI=1S/C23H29F3N2O.ClH/c1-16(2)18-10-11-21(29-15-23(24,25)26)20(13-18)14-19-9-6-12-28(27)22(19)17-7-4-3-5-8-17;/h3-5,7-8,10-11,13,16,19,22H,6,9,12,14-15,27H2,1-2H3;1H/t19-,22+;/m0./s1. The topological polar surface area (TPSA) is 38.5 Å². The van der Waals surface area contributed by atoms with Crippen molar-refractivity contribution < 1.29 is 17.9 Å². The average Bonchev–Trinajstić information content (AvgIpc) is 2.67. The second-order valence-corrected chi connectivity index (χ2v) is 8.13. The molecule has 0 bridgehead atoms. The fourth-order valence-electron chi connectivity index (χ4n) is 4.13. The SMILES string of the molecule is CC(C)c1ccc(OCC(F)(F)F)c(C[C@@H]2CCCN(N)[C@@H]2c2ccccc2)c1.Cl. The third-order valence-corrected chi connectivity index (χ3v) is 5.56. The first-order valence-corrected chi connectivity index (χ1v) is 10.1. The van der Waals surface area contributed by atoms with Gasteiger partial charge in [-0.2, -0.15) is 13.2 Å². The van der Waals surface area contributed by atoms with Gasteiger partial charge >= 0.3 is 6.18 Å². The second-order valence-electron chi connectivity index (χ2n) is 8.13. The largest absolute Gasteiger partial charge is 0.484 e. The Bertz CT molecular complexity index is 799. The van der Waals surface area contributed by atoms with Gasteiger partial charge < -0.3 is 4.74 Å². The molecule has 1 heterocycles. The van der Waals surface area contributed by atoms with Crippen LogP contribution >= 0.6 is 12.4 Å². The molecule has 30 heavy (non-hydrogen) atoms. The molecule has 3 nitrogen and oxygen atoms in total. The number of halogens is 4. The number of nitrogens with zero attached hydrogens (tertiary/aromatic N) is 1. The van der Waals surface area contributed by atoms with E-state index in [-0.39, 0.29) is 30.3 Å². The van der Waals surface area contributed by atoms with Gasteiger partial charge in [-0.05, 0) is 53.9 Å². The van der Waals surface area contributed by atoms with Gasteiger partial charge in [-0.1, -0.05) is 56.3 Å². The van der Waals surface area contributed by atoms with Crippen molar-refractivity contribution in [1.29, 1.82) is 0 Å². The fourth-order valence-corrected chi connectivity index (χ4v) is 4.13. The minimum absolute atomic E-state index is 0. The number of ether oxygens (including phenoxy) is 1. The highest BCUT2D eigenvalue weighted by Crippen LogP contribution is 2.38. The Balaban J connectivity index is 0.00000320. The monoisotopic (exact) mass is 442 g/mol. The van der Waals surface area contributed by atoms with E-state index in [1.54, 1.807) is 6.07 Å². The summed E-state index contributed by atoms with van der Waals surface area (Å²) in [6.07, 6.45) is -1.80. The van der Waals surface area contributed by atoms with Gasteiger partial charge in [0.25, 0.3) is 0 Å². The maximum absolute atomic E-state index is 12.7. The minimum atomic E-state index is -4.36. The molecule has 1 aliphatic heterocycles. The lowest BCUT2D eigenvalue weighted by Crippen LogP contribution is -2.44. The number of benzene rings is 2. The van der Waals surface area contributed by atoms with Crippen molar-refractivity contribution >= 4 is 12.4 Å². The molecular weight excluding hydrogens is 413 g/mol. The molecule has 2 atom stereocenters. The zero-order valence-corrected chi connectivity index (χ0v) is 18.2. The van der Waals surface area contributed by atoms with Crippen molar-refractivity contribution in [3.05, 3.63) is 65.2 Å². The summed E-state index contributed by atoms with van der Waals surface area (Å²) in [6.45, 7) is 3.67. The van der Waals surface area contributed by atoms with E-state index in [1.165, 1.54) is 0 Å². The molecule has 2 aromatic rings. The Hall–Kier alpha value is -1.76. The number of rotatable bonds is 6. The molecule has 2 aromatic carbocycles. The number of hydrazine groups is 1. The van der Waals surface area contributed by atoms with Crippen LogP contribution in [0.5, 0.6) is 5.75 Å². The molecule has 0 saturated carbocycles. The predicted octanol–water partition coefficient (Wildman–Crippen LogP) is 6.04. The van der Waals surface area contributed by atoms with Crippen LogP contribution in [0.1, 0.15) is 55.3 Å². The Morgan fingerprint density at radius 3 is 2.47 bits per heavy atom. The molecule has 0 unspecified atom stereocenters. The molecule has 1 saturated heterocycles. The van der Waals surface area contributed by atoms with Gasteiger partial charge in [-0.25, -0.2) is 5.01 Å². The maximum Gasteiger partial charge on any atom is 0.422 e. The normalized spacial score (nSPS) is 20.1. The van der Waals surface area contributed by atoms with Crippen LogP contribution < -0.4 is 10.6 Å². The van der Waals surface area contributed by atoms with Gasteiger partial charge in [0.05, 0.1) is 6.04 Å². The van der Waals surface area contributed by atoms with E-state index >= 15 is 0 Å². The Morgan fingerprint density at radius 2 is 1.83 bits per heavy atom. The van der Waals surface area contributed by atoms with Crippen molar-refractivity contribution in [3.63, 3.8) is 0 Å². The second kappa shape index (κ2) is 10.5. The summed E-state index contributed by atoms with van der Waals surface area (Å²) >= 11 is 0. The van der Waals surface area contributed by atoms with Crippen LogP contribution in [0.25, 0.3) is 0 Å². The van der Waals surface area contributed by atoms with Gasteiger partial charge in [0.1, 0.15) is 5.75 Å². The third kappa shape index (κ3) is 6.37. The molecular formula is C23H30ClF3N2O. The molecule has 3 rings (SSSR count). The highest BCUT2D eigenvalue weighted by atomic mass is 35.5. The summed E-state index contributed by atoms with van der Waals surface area (Å²) in [5.41, 5.74) is 3.05. The fraction of sp³-hybridized carbons (Fsp3) is 0.478. The van der Waals surface area contributed by atoms with E-state index in [2.05, 4.69) is 26.0 Å². The van der Waals surface area contributed by atoms with E-state index in [0.717, 1.165) is 36.1 Å². The Labute approximate surface area is 182 Å². The molecule has 2 N–H and O–H groups in total. The number of piperidine rings is 1. The molecule has 0 amide bonds. The van der Waals surface area contributed by atoms with Crippen molar-refractivity contribution in [3.8, 4) is 5.75 Å². The zero-order chi connectivity index (χ0) is 21.0. The van der Waals surface area contributed by atoms with Gasteiger partial charge in [0.15, 0.2) is 6.61 Å². The van der Waals surface area contributed by atoms with Crippen molar-refractivity contribution in [1.82, 2.24) is 5.01 Å². The first-order valence-electron chi connectivity index (χ1n) is 10.1. The summed E-state index contributed by atoms with van der Waals surface area (Å²) in [4.78, 5) is 0. The van der Waals surface area contributed by atoms with E-state index < -0.39 is 12.8 Å². The van der Waals surface area contributed by atoms with Crippen LogP contribution in [0.3, 0.4) is 0 Å². The zero-order valence-electron chi connectivity index (χ0n) is 17.4. The smallest absolute Gasteiger partial charge is 0.422 e. The van der Waals surface area contributed by atoms with Gasteiger partial charge in [0.2, 0.25) is 0 Å². The van der Waals surface area contributed by atoms with Crippen molar-refractivity contribution in [2.24, 2.45) is 11.8 Å². The molecule has 0 radical (unpaired) electrons. The lowest BCUT2D eigenvalue weighted by Gasteiger charge is -2.39. The Kier molecular flexibility index (Phi) is 8.59. The number of alkyl halides is 3. The van der Waals surface area contributed by atoms with Crippen LogP contribution in [-0.4, -0.2) is 24.3 Å². The van der Waals surface area contributed by atoms with Gasteiger partial charge in [0, 0.05) is 6.54 Å². The van der Waals surface area contributed by atoms with E-state index in [1.807, 2.05) is 35.3 Å². The molecule has 0 aliphatic carbocycles. The summed E-state index contributed by atoms with van der Waals surface area (Å²) in [6, 6.07) is 15.6. The molecule has 166 valence electrons. The highest BCUT2D eigenvalue weighted by molar-refractivity contribution is 5.85. The first-order chi connectivity index (χ1) is 13.7. The quantitative estimate of drug-likeness (QED) is 0.554. The number of hydrogen-bond donors (Lipinski definition) is 1. The summed E-state index contributed by atoms with van der Waals surface area (Å²) < 4.78 is 43.4. The summed E-state index contributed by atoms with van der Waals surface area (Å²) in [5, 5.41) is 1.87. The lowest BCUT2D eigenvalue weighted by molar-refractivity contribution is -0.153. The first kappa shape index (κ1) is 24.5. The highest BCUT2D eigenvalue weighted by Gasteiger charge is 2.33. The molecule has 7 heteroatoms. The average molecular weight is 443 g/mol. The minimum Gasteiger partial charge on any atom is -0.484 e. The Morgan fingerprint density at radius 1 is 1.13 bits per heavy atom. The molecule has 0 aromatic heterocycles. The van der Waals surface area contributed by atoms with Crippen molar-refractivity contribution in [2.75, 3.05) is 13.2 Å². The molecule has 1 fully saturated rings. The maximum atomic E-state index is 12.7. The lowest BCUT2D eigenvalue weighted by atomic mass is 9.81. The summed E-state index contributed by atoms with van der Waals surface area (Å²) in [7, 11) is 0. The predicted molar refractivity (Wildman–Crippen MR) is 116 cm³/mol. The van der Waals surface area contributed by atoms with Crippen molar-refractivity contribution in [2.45, 2.75) is 51.2 Å². The van der Waals surface area contributed by atoms with E-state index in [4.69, 9.17) is 10.6 Å². The number of nitrogens with two attached hydrogens (primary N) is 1. The van der Waals surface area contributed by atoms with Crippen LogP contribution in [0.4, 0.5) is 13.2 Å².